The topological polar surface area (TPSA) is 38.3 Å². The standard InChI is InChI=1S/C15H14BrNO2S/c1-19-11-4-7-13(16)14(9-11)17-15(18)8-10-2-5-12(20)6-3-10/h2-7,9,20H,8H2,1H3,(H,17,18). The summed E-state index contributed by atoms with van der Waals surface area (Å²) in [5.74, 6) is 0.619. The lowest BCUT2D eigenvalue weighted by Gasteiger charge is -2.09. The van der Waals surface area contributed by atoms with Gasteiger partial charge in [-0.15, -0.1) is 12.6 Å². The SMILES string of the molecule is COc1ccc(Br)c(NC(=O)Cc2ccc(S)cc2)c1. The number of hydrogen-bond donors (Lipinski definition) is 2. The molecule has 0 fully saturated rings. The normalized spacial score (nSPS) is 10.2. The predicted octanol–water partition coefficient (Wildman–Crippen LogP) is 3.93. The summed E-state index contributed by atoms with van der Waals surface area (Å²) < 4.78 is 5.96. The number of carbonyl (C=O) groups is 1. The molecule has 0 radical (unpaired) electrons. The molecule has 20 heavy (non-hydrogen) atoms. The number of hydrogen-bond acceptors (Lipinski definition) is 3. The maximum atomic E-state index is 12.0. The Hall–Kier alpha value is -1.46. The summed E-state index contributed by atoms with van der Waals surface area (Å²) in [5.41, 5.74) is 1.64. The molecule has 104 valence electrons. The Bertz CT molecular complexity index is 614. The lowest BCUT2D eigenvalue weighted by molar-refractivity contribution is -0.115. The molecular weight excluding hydrogens is 338 g/mol. The third-order valence-corrected chi connectivity index (χ3v) is 3.74. The largest absolute Gasteiger partial charge is 0.497 e. The van der Waals surface area contributed by atoms with Crippen LogP contribution >= 0.6 is 28.6 Å². The molecule has 3 nitrogen and oxygen atoms in total. The Morgan fingerprint density at radius 2 is 1.95 bits per heavy atom. The molecule has 0 aliphatic carbocycles. The van der Waals surface area contributed by atoms with Gasteiger partial charge in [0.25, 0.3) is 0 Å². The van der Waals surface area contributed by atoms with E-state index in [1.807, 2.05) is 36.4 Å². The fraction of sp³-hybridized carbons (Fsp3) is 0.133. The van der Waals surface area contributed by atoms with Gasteiger partial charge in [0.15, 0.2) is 0 Å². The molecule has 0 saturated carbocycles. The Kier molecular flexibility index (Phi) is 5.09. The first-order chi connectivity index (χ1) is 9.58. The Labute approximate surface area is 131 Å². The van der Waals surface area contributed by atoms with Gasteiger partial charge >= 0.3 is 0 Å². The van der Waals surface area contributed by atoms with E-state index in [9.17, 15) is 4.79 Å². The summed E-state index contributed by atoms with van der Waals surface area (Å²) in [6.45, 7) is 0. The molecule has 0 aliphatic rings. The highest BCUT2D eigenvalue weighted by Gasteiger charge is 2.08. The van der Waals surface area contributed by atoms with E-state index >= 15 is 0 Å². The highest BCUT2D eigenvalue weighted by molar-refractivity contribution is 9.10. The summed E-state index contributed by atoms with van der Waals surface area (Å²) in [7, 11) is 1.59. The van der Waals surface area contributed by atoms with Crippen molar-refractivity contribution in [2.45, 2.75) is 11.3 Å². The number of carbonyl (C=O) groups excluding carboxylic acids is 1. The van der Waals surface area contributed by atoms with Crippen molar-refractivity contribution in [1.29, 1.82) is 0 Å². The second-order valence-electron chi connectivity index (χ2n) is 4.24. The molecule has 2 rings (SSSR count). The zero-order valence-electron chi connectivity index (χ0n) is 10.9. The number of amides is 1. The summed E-state index contributed by atoms with van der Waals surface area (Å²) in [5, 5.41) is 2.86. The second kappa shape index (κ2) is 6.81. The van der Waals surface area contributed by atoms with E-state index in [4.69, 9.17) is 4.74 Å². The van der Waals surface area contributed by atoms with E-state index in [2.05, 4.69) is 33.9 Å². The number of methoxy groups -OCH3 is 1. The molecule has 0 spiro atoms. The smallest absolute Gasteiger partial charge is 0.228 e. The van der Waals surface area contributed by atoms with Gasteiger partial charge < -0.3 is 10.1 Å². The van der Waals surface area contributed by atoms with Gasteiger partial charge in [-0.1, -0.05) is 12.1 Å². The van der Waals surface area contributed by atoms with Crippen LogP contribution in [0.25, 0.3) is 0 Å². The molecule has 0 heterocycles. The van der Waals surface area contributed by atoms with E-state index in [1.54, 1.807) is 13.2 Å². The molecular formula is C15H14BrNO2S. The number of halogens is 1. The number of nitrogens with one attached hydrogen (secondary N) is 1. The number of rotatable bonds is 4. The van der Waals surface area contributed by atoms with Crippen molar-refractivity contribution in [3.63, 3.8) is 0 Å². The van der Waals surface area contributed by atoms with Crippen LogP contribution in [0.2, 0.25) is 0 Å². The third kappa shape index (κ3) is 4.02. The average Bonchev–Trinajstić information content (AvgIpc) is 2.44. The van der Waals surface area contributed by atoms with E-state index in [-0.39, 0.29) is 5.91 Å². The molecule has 1 amide bonds. The van der Waals surface area contributed by atoms with E-state index in [0.29, 0.717) is 17.9 Å². The van der Waals surface area contributed by atoms with Crippen molar-refractivity contribution in [1.82, 2.24) is 0 Å². The van der Waals surface area contributed by atoms with Gasteiger partial charge in [0.1, 0.15) is 5.75 Å². The molecule has 0 saturated heterocycles. The summed E-state index contributed by atoms with van der Waals surface area (Å²) in [4.78, 5) is 12.9. The van der Waals surface area contributed by atoms with Gasteiger partial charge in [0, 0.05) is 15.4 Å². The molecule has 2 aromatic rings. The molecule has 0 atom stereocenters. The molecule has 0 unspecified atom stereocenters. The van der Waals surface area contributed by atoms with Gasteiger partial charge in [-0.05, 0) is 45.8 Å². The van der Waals surface area contributed by atoms with Gasteiger partial charge in [-0.2, -0.15) is 0 Å². The minimum atomic E-state index is -0.0779. The first-order valence-electron chi connectivity index (χ1n) is 6.00. The summed E-state index contributed by atoms with van der Waals surface area (Å²) >= 11 is 7.62. The van der Waals surface area contributed by atoms with Crippen LogP contribution in [0, 0.1) is 0 Å². The van der Waals surface area contributed by atoms with Crippen LogP contribution in [0.1, 0.15) is 5.56 Å². The van der Waals surface area contributed by atoms with Crippen molar-refractivity contribution < 1.29 is 9.53 Å². The first kappa shape index (κ1) is 14.9. The highest BCUT2D eigenvalue weighted by Crippen LogP contribution is 2.27. The van der Waals surface area contributed by atoms with Gasteiger partial charge in [-0.25, -0.2) is 0 Å². The fourth-order valence-electron chi connectivity index (χ4n) is 1.72. The minimum absolute atomic E-state index is 0.0779. The first-order valence-corrected chi connectivity index (χ1v) is 7.24. The van der Waals surface area contributed by atoms with Gasteiger partial charge in [0.2, 0.25) is 5.91 Å². The molecule has 0 aliphatic heterocycles. The zero-order valence-corrected chi connectivity index (χ0v) is 13.4. The molecule has 5 heteroatoms. The van der Waals surface area contributed by atoms with E-state index < -0.39 is 0 Å². The quantitative estimate of drug-likeness (QED) is 0.819. The monoisotopic (exact) mass is 351 g/mol. The number of anilines is 1. The van der Waals surface area contributed by atoms with Crippen LogP contribution in [0.15, 0.2) is 51.8 Å². The van der Waals surface area contributed by atoms with Crippen LogP contribution in [0.3, 0.4) is 0 Å². The maximum Gasteiger partial charge on any atom is 0.228 e. The van der Waals surface area contributed by atoms with Crippen LogP contribution in [-0.2, 0) is 11.2 Å². The van der Waals surface area contributed by atoms with Gasteiger partial charge in [-0.3, -0.25) is 4.79 Å². The maximum absolute atomic E-state index is 12.0. The van der Waals surface area contributed by atoms with Crippen molar-refractivity contribution in [3.8, 4) is 5.75 Å². The molecule has 1 N–H and O–H groups in total. The molecule has 0 bridgehead atoms. The number of thiol groups is 1. The lowest BCUT2D eigenvalue weighted by atomic mass is 10.1. The van der Waals surface area contributed by atoms with Crippen LogP contribution < -0.4 is 10.1 Å². The van der Waals surface area contributed by atoms with Crippen molar-refractivity contribution >= 4 is 40.2 Å². The van der Waals surface area contributed by atoms with Crippen LogP contribution in [0.5, 0.6) is 5.75 Å². The van der Waals surface area contributed by atoms with E-state index in [1.165, 1.54) is 0 Å². The van der Waals surface area contributed by atoms with E-state index in [0.717, 1.165) is 14.9 Å². The fourth-order valence-corrected chi connectivity index (χ4v) is 2.22. The van der Waals surface area contributed by atoms with Gasteiger partial charge in [0.05, 0.1) is 19.2 Å². The Balaban J connectivity index is 2.06. The second-order valence-corrected chi connectivity index (χ2v) is 5.61. The van der Waals surface area contributed by atoms with Crippen LogP contribution in [0.4, 0.5) is 5.69 Å². The Morgan fingerprint density at radius 1 is 1.25 bits per heavy atom. The summed E-state index contributed by atoms with van der Waals surface area (Å²) in [6.07, 6.45) is 0.317. The third-order valence-electron chi connectivity index (χ3n) is 2.75. The predicted molar refractivity (Wildman–Crippen MR) is 86.7 cm³/mol. The van der Waals surface area contributed by atoms with Crippen molar-refractivity contribution in [2.24, 2.45) is 0 Å². The number of ether oxygens (including phenoxy) is 1. The Morgan fingerprint density at radius 3 is 2.60 bits per heavy atom. The lowest BCUT2D eigenvalue weighted by Crippen LogP contribution is -2.14. The van der Waals surface area contributed by atoms with Crippen molar-refractivity contribution in [3.05, 3.63) is 52.5 Å². The van der Waals surface area contributed by atoms with Crippen molar-refractivity contribution in [2.75, 3.05) is 12.4 Å². The van der Waals surface area contributed by atoms with Crippen LogP contribution in [-0.4, -0.2) is 13.0 Å². The minimum Gasteiger partial charge on any atom is -0.497 e. The molecule has 0 aromatic heterocycles. The zero-order chi connectivity index (χ0) is 14.5. The number of benzene rings is 2. The molecule has 2 aromatic carbocycles. The summed E-state index contributed by atoms with van der Waals surface area (Å²) in [6, 6.07) is 13.0. The average molecular weight is 352 g/mol. The highest BCUT2D eigenvalue weighted by atomic mass is 79.9.